The van der Waals surface area contributed by atoms with Crippen molar-refractivity contribution in [2.24, 2.45) is 0 Å². The summed E-state index contributed by atoms with van der Waals surface area (Å²) in [4.78, 5) is 17.2. The molecule has 0 saturated heterocycles. The average molecular weight is 428 g/mol. The Labute approximate surface area is 176 Å². The molecule has 8 heteroatoms. The second kappa shape index (κ2) is 7.50. The maximum atomic E-state index is 12.3. The minimum absolute atomic E-state index is 0.348. The van der Waals surface area contributed by atoms with E-state index < -0.39 is 5.60 Å². The van der Waals surface area contributed by atoms with Gasteiger partial charge in [0, 0.05) is 16.8 Å². The van der Waals surface area contributed by atoms with Crippen molar-refractivity contribution in [1.29, 1.82) is 0 Å². The molecule has 0 spiro atoms. The summed E-state index contributed by atoms with van der Waals surface area (Å²) in [5.41, 5.74) is 1.03. The number of esters is 1. The number of para-hydroxylation sites is 1. The number of rotatable bonds is 4. The highest BCUT2D eigenvalue weighted by molar-refractivity contribution is 7.12. The van der Waals surface area contributed by atoms with Crippen LogP contribution in [0.5, 0.6) is 11.6 Å². The molecule has 0 unspecified atom stereocenters. The lowest BCUT2D eigenvalue weighted by molar-refractivity contribution is 0.00752. The summed E-state index contributed by atoms with van der Waals surface area (Å²) in [5.74, 6) is 0.608. The van der Waals surface area contributed by atoms with E-state index in [0.29, 0.717) is 21.5 Å². The largest absolute Gasteiger partial charge is 0.456 e. The number of benzene rings is 1. The molecule has 3 heterocycles. The topological polar surface area (TPSA) is 66.2 Å². The Bertz CT molecular complexity index is 1190. The predicted molar refractivity (Wildman–Crippen MR) is 113 cm³/mol. The molecule has 0 amide bonds. The highest BCUT2D eigenvalue weighted by Gasteiger charge is 2.20. The first kappa shape index (κ1) is 19.4. The Hall–Kier alpha value is -2.90. The van der Waals surface area contributed by atoms with Gasteiger partial charge >= 0.3 is 5.97 Å². The lowest BCUT2D eigenvalue weighted by Gasteiger charge is -2.18. The molecule has 29 heavy (non-hydrogen) atoms. The van der Waals surface area contributed by atoms with E-state index in [9.17, 15) is 4.79 Å². The summed E-state index contributed by atoms with van der Waals surface area (Å²) < 4.78 is 12.9. The summed E-state index contributed by atoms with van der Waals surface area (Å²) in [6.07, 6.45) is 3.40. The maximum Gasteiger partial charge on any atom is 0.348 e. The number of nitrogens with zero attached hydrogens (tertiary/aromatic N) is 3. The molecule has 0 bridgehead atoms. The Morgan fingerprint density at radius 2 is 1.97 bits per heavy atom. The Morgan fingerprint density at radius 1 is 1.17 bits per heavy atom. The summed E-state index contributed by atoms with van der Waals surface area (Å²) in [5, 5.41) is 7.65. The van der Waals surface area contributed by atoms with Gasteiger partial charge in [-0.3, -0.25) is 0 Å². The molecule has 4 rings (SSSR count). The lowest BCUT2D eigenvalue weighted by Crippen LogP contribution is -2.23. The number of hydrogen-bond acceptors (Lipinski definition) is 6. The molecule has 1 aromatic carbocycles. The Kier molecular flexibility index (Phi) is 5.02. The third kappa shape index (κ3) is 4.26. The van der Waals surface area contributed by atoms with Crippen LogP contribution in [0.4, 0.5) is 0 Å². The van der Waals surface area contributed by atoms with Gasteiger partial charge in [-0.15, -0.1) is 11.3 Å². The average Bonchev–Trinajstić information content (AvgIpc) is 3.28. The molecule has 0 atom stereocenters. The van der Waals surface area contributed by atoms with Crippen LogP contribution in [0.15, 0.2) is 54.2 Å². The standard InChI is InChI=1S/C21H18ClN3O3S/c1-21(2,3)28-20(26)18-9-14(12-29-18)25-16-11-23-19(8-13(16)10-24-25)27-17-7-5-4-6-15(17)22/h4-12H,1-3H3. The van der Waals surface area contributed by atoms with Crippen molar-refractivity contribution in [1.82, 2.24) is 14.8 Å². The van der Waals surface area contributed by atoms with E-state index in [0.717, 1.165) is 16.6 Å². The minimum atomic E-state index is -0.540. The minimum Gasteiger partial charge on any atom is -0.456 e. The first-order valence-electron chi connectivity index (χ1n) is 8.88. The summed E-state index contributed by atoms with van der Waals surface area (Å²) >= 11 is 7.46. The van der Waals surface area contributed by atoms with Gasteiger partial charge in [0.25, 0.3) is 0 Å². The van der Waals surface area contributed by atoms with Gasteiger partial charge in [0.1, 0.15) is 16.2 Å². The fourth-order valence-corrected chi connectivity index (χ4v) is 3.60. The Morgan fingerprint density at radius 3 is 2.72 bits per heavy atom. The first-order chi connectivity index (χ1) is 13.8. The van der Waals surface area contributed by atoms with E-state index in [1.807, 2.05) is 38.3 Å². The van der Waals surface area contributed by atoms with Gasteiger partial charge in [-0.25, -0.2) is 14.5 Å². The number of carbonyl (C=O) groups excluding carboxylic acids is 1. The zero-order chi connectivity index (χ0) is 20.6. The van der Waals surface area contributed by atoms with Crippen molar-refractivity contribution in [2.45, 2.75) is 26.4 Å². The predicted octanol–water partition coefficient (Wildman–Crippen LogP) is 5.88. The number of fused-ring (bicyclic) bond motifs is 1. The molecule has 0 fully saturated rings. The second-order valence-electron chi connectivity index (χ2n) is 7.34. The van der Waals surface area contributed by atoms with Crippen LogP contribution in [-0.4, -0.2) is 26.3 Å². The number of pyridine rings is 1. The zero-order valence-corrected chi connectivity index (χ0v) is 17.6. The van der Waals surface area contributed by atoms with Crippen LogP contribution in [-0.2, 0) is 4.74 Å². The van der Waals surface area contributed by atoms with Crippen LogP contribution in [0.25, 0.3) is 16.6 Å². The van der Waals surface area contributed by atoms with Crippen LogP contribution in [0.3, 0.4) is 0 Å². The number of carbonyl (C=O) groups is 1. The molecule has 0 aliphatic carbocycles. The number of thiophene rings is 1. The lowest BCUT2D eigenvalue weighted by atomic mass is 10.2. The van der Waals surface area contributed by atoms with Gasteiger partial charge in [-0.05, 0) is 39.0 Å². The molecule has 0 radical (unpaired) electrons. The van der Waals surface area contributed by atoms with Crippen molar-refractivity contribution in [2.75, 3.05) is 0 Å². The van der Waals surface area contributed by atoms with E-state index in [1.54, 1.807) is 41.3 Å². The molecule has 0 aliphatic heterocycles. The maximum absolute atomic E-state index is 12.3. The van der Waals surface area contributed by atoms with Crippen molar-refractivity contribution >= 4 is 39.8 Å². The third-order valence-corrected chi connectivity index (χ3v) is 5.12. The summed E-state index contributed by atoms with van der Waals surface area (Å²) in [6.45, 7) is 5.52. The van der Waals surface area contributed by atoms with Crippen molar-refractivity contribution in [3.05, 3.63) is 64.1 Å². The normalized spacial score (nSPS) is 11.6. The van der Waals surface area contributed by atoms with Crippen molar-refractivity contribution < 1.29 is 14.3 Å². The van der Waals surface area contributed by atoms with E-state index >= 15 is 0 Å². The molecule has 148 valence electrons. The molecular weight excluding hydrogens is 410 g/mol. The van der Waals surface area contributed by atoms with Crippen LogP contribution in [0.2, 0.25) is 5.02 Å². The SMILES string of the molecule is CC(C)(C)OC(=O)c1cc(-n2ncc3cc(Oc4ccccc4Cl)ncc32)cs1. The van der Waals surface area contributed by atoms with Gasteiger partial charge in [-0.2, -0.15) is 5.10 Å². The molecule has 0 saturated carbocycles. The Balaban J connectivity index is 1.60. The highest BCUT2D eigenvalue weighted by atomic mass is 35.5. The highest BCUT2D eigenvalue weighted by Crippen LogP contribution is 2.30. The van der Waals surface area contributed by atoms with Gasteiger partial charge in [0.05, 0.1) is 28.6 Å². The van der Waals surface area contributed by atoms with Crippen molar-refractivity contribution in [3.8, 4) is 17.3 Å². The van der Waals surface area contributed by atoms with Crippen LogP contribution in [0.1, 0.15) is 30.4 Å². The first-order valence-corrected chi connectivity index (χ1v) is 10.1. The van der Waals surface area contributed by atoms with E-state index in [4.69, 9.17) is 21.1 Å². The monoisotopic (exact) mass is 427 g/mol. The van der Waals surface area contributed by atoms with Gasteiger partial charge in [0.2, 0.25) is 5.88 Å². The van der Waals surface area contributed by atoms with Gasteiger partial charge < -0.3 is 9.47 Å². The van der Waals surface area contributed by atoms with Crippen LogP contribution < -0.4 is 4.74 Å². The quantitative estimate of drug-likeness (QED) is 0.380. The van der Waals surface area contributed by atoms with Gasteiger partial charge in [0.15, 0.2) is 0 Å². The van der Waals surface area contributed by atoms with Crippen LogP contribution in [0, 0.1) is 0 Å². The summed E-state index contributed by atoms with van der Waals surface area (Å²) in [7, 11) is 0. The molecule has 4 aromatic rings. The number of ether oxygens (including phenoxy) is 2. The van der Waals surface area contributed by atoms with Crippen LogP contribution >= 0.6 is 22.9 Å². The van der Waals surface area contributed by atoms with Gasteiger partial charge in [-0.1, -0.05) is 23.7 Å². The summed E-state index contributed by atoms with van der Waals surface area (Å²) in [6, 6.07) is 10.8. The van der Waals surface area contributed by atoms with E-state index in [-0.39, 0.29) is 5.97 Å². The number of hydrogen-bond donors (Lipinski definition) is 0. The van der Waals surface area contributed by atoms with E-state index in [1.165, 1.54) is 11.3 Å². The molecular formula is C21H18ClN3O3S. The third-order valence-electron chi connectivity index (χ3n) is 3.91. The smallest absolute Gasteiger partial charge is 0.348 e. The molecule has 0 N–H and O–H groups in total. The fourth-order valence-electron chi connectivity index (χ4n) is 2.68. The molecule has 6 nitrogen and oxygen atoms in total. The van der Waals surface area contributed by atoms with Crippen molar-refractivity contribution in [3.63, 3.8) is 0 Å². The zero-order valence-electron chi connectivity index (χ0n) is 16.0. The fraction of sp³-hybridized carbons (Fsp3) is 0.190. The number of halogens is 1. The molecule has 3 aromatic heterocycles. The second-order valence-corrected chi connectivity index (χ2v) is 8.66. The number of aromatic nitrogens is 3. The van der Waals surface area contributed by atoms with E-state index in [2.05, 4.69) is 10.1 Å². The molecule has 0 aliphatic rings.